The number of hydrogen-bond acceptors (Lipinski definition) is 7. The number of hydrogen-bond donors (Lipinski definition) is 2. The molecule has 3 N–H and O–H groups in total. The lowest BCUT2D eigenvalue weighted by molar-refractivity contribution is -0.388. The molecule has 2 rings (SSSR count). The quantitative estimate of drug-likeness (QED) is 0.639. The highest BCUT2D eigenvalue weighted by Crippen LogP contribution is 2.32. The molecule has 0 saturated carbocycles. The molecule has 0 aromatic carbocycles. The summed E-state index contributed by atoms with van der Waals surface area (Å²) >= 11 is 0.920. The Hall–Kier alpha value is -2.36. The van der Waals surface area contributed by atoms with Gasteiger partial charge in [0, 0.05) is 12.1 Å². The van der Waals surface area contributed by atoms with Crippen LogP contribution in [0.3, 0.4) is 0 Å². The van der Waals surface area contributed by atoms with Gasteiger partial charge in [-0.2, -0.15) is 0 Å². The maximum atomic E-state index is 11.6. The molecule has 0 bridgehead atoms. The lowest BCUT2D eigenvalue weighted by atomic mass is 10.4. The Kier molecular flexibility index (Phi) is 3.74. The maximum Gasteiger partial charge on any atom is 0.344 e. The summed E-state index contributed by atoms with van der Waals surface area (Å²) in [6.45, 7) is 3.62. The molecule has 9 nitrogen and oxygen atoms in total. The summed E-state index contributed by atoms with van der Waals surface area (Å²) in [6.07, 6.45) is 0. The summed E-state index contributed by atoms with van der Waals surface area (Å²) in [5.41, 5.74) is 4.97. The van der Waals surface area contributed by atoms with Gasteiger partial charge in [-0.1, -0.05) is 0 Å². The van der Waals surface area contributed by atoms with Crippen molar-refractivity contribution < 1.29 is 4.92 Å². The third-order valence-corrected chi connectivity index (χ3v) is 3.40. The van der Waals surface area contributed by atoms with Gasteiger partial charge in [0.2, 0.25) is 0 Å². The summed E-state index contributed by atoms with van der Waals surface area (Å²) in [5, 5.41) is 17.5. The third-order valence-electron chi connectivity index (χ3n) is 2.43. The van der Waals surface area contributed by atoms with E-state index in [9.17, 15) is 14.9 Å². The second-order valence-corrected chi connectivity index (χ2v) is 5.15. The Bertz CT molecular complexity index is 707. The van der Waals surface area contributed by atoms with Gasteiger partial charge in [0.15, 0.2) is 10.2 Å². The van der Waals surface area contributed by atoms with E-state index in [1.165, 1.54) is 16.7 Å². The second-order valence-electron chi connectivity index (χ2n) is 4.19. The van der Waals surface area contributed by atoms with Gasteiger partial charge in [0.05, 0.1) is 4.92 Å². The van der Waals surface area contributed by atoms with Crippen LogP contribution in [0.5, 0.6) is 0 Å². The smallest absolute Gasteiger partial charge is 0.344 e. The minimum atomic E-state index is -0.556. The molecule has 0 aliphatic rings. The zero-order chi connectivity index (χ0) is 14.9. The van der Waals surface area contributed by atoms with E-state index >= 15 is 0 Å². The first-order valence-electron chi connectivity index (χ1n) is 5.66. The number of nitrogens with zero attached hydrogens (tertiary/aromatic N) is 4. The van der Waals surface area contributed by atoms with Gasteiger partial charge >= 0.3 is 11.4 Å². The van der Waals surface area contributed by atoms with Crippen molar-refractivity contribution in [3.05, 3.63) is 32.7 Å². The number of rotatable bonds is 4. The van der Waals surface area contributed by atoms with Gasteiger partial charge < -0.3 is 5.73 Å². The van der Waals surface area contributed by atoms with Crippen LogP contribution in [0, 0.1) is 10.1 Å². The van der Waals surface area contributed by atoms with E-state index in [-0.39, 0.29) is 28.3 Å². The summed E-state index contributed by atoms with van der Waals surface area (Å²) in [6, 6.07) is 2.49. The Morgan fingerprint density at radius 2 is 2.20 bits per heavy atom. The van der Waals surface area contributed by atoms with Crippen LogP contribution in [0.4, 0.5) is 11.5 Å². The molecule has 2 aromatic rings. The van der Waals surface area contributed by atoms with Crippen LogP contribution in [0.15, 0.2) is 27.1 Å². The van der Waals surface area contributed by atoms with Crippen LogP contribution in [0.25, 0.3) is 0 Å². The highest BCUT2D eigenvalue weighted by atomic mass is 32.2. The Morgan fingerprint density at radius 1 is 1.50 bits per heavy atom. The van der Waals surface area contributed by atoms with Gasteiger partial charge in [0.1, 0.15) is 5.82 Å². The highest BCUT2D eigenvalue weighted by Gasteiger charge is 2.21. The van der Waals surface area contributed by atoms with Crippen molar-refractivity contribution in [2.45, 2.75) is 30.1 Å². The lowest BCUT2D eigenvalue weighted by Crippen LogP contribution is -2.19. The number of nitro groups is 1. The summed E-state index contributed by atoms with van der Waals surface area (Å²) < 4.78 is 1.39. The van der Waals surface area contributed by atoms with E-state index in [0.29, 0.717) is 5.16 Å². The number of nitrogens with two attached hydrogens (primary N) is 1. The second kappa shape index (κ2) is 5.33. The molecule has 0 aliphatic carbocycles. The average molecular weight is 296 g/mol. The zero-order valence-corrected chi connectivity index (χ0v) is 11.5. The largest absolute Gasteiger partial charge is 0.384 e. The van der Waals surface area contributed by atoms with Gasteiger partial charge in [-0.25, -0.2) is 14.9 Å². The number of anilines is 1. The molecule has 0 atom stereocenters. The SMILES string of the molecule is CC(C)n1c(Sc2nc(N)ccc2[N+](=O)[O-])n[nH]c1=O. The minimum absolute atomic E-state index is 0.0934. The Balaban J connectivity index is 2.47. The monoisotopic (exact) mass is 296 g/mol. The fraction of sp³-hybridized carbons (Fsp3) is 0.300. The number of aromatic nitrogens is 4. The van der Waals surface area contributed by atoms with Crippen LogP contribution in [-0.2, 0) is 0 Å². The molecular formula is C10H12N6O3S. The van der Waals surface area contributed by atoms with Crippen molar-refractivity contribution in [1.29, 1.82) is 0 Å². The predicted octanol–water partition coefficient (Wildman–Crippen LogP) is 1.19. The molecule has 0 spiro atoms. The molecule has 20 heavy (non-hydrogen) atoms. The van der Waals surface area contributed by atoms with Crippen molar-refractivity contribution in [1.82, 2.24) is 19.7 Å². The van der Waals surface area contributed by atoms with Gasteiger partial charge in [-0.05, 0) is 31.7 Å². The first-order chi connectivity index (χ1) is 9.40. The zero-order valence-electron chi connectivity index (χ0n) is 10.7. The molecule has 2 heterocycles. The van der Waals surface area contributed by atoms with Gasteiger partial charge in [-0.3, -0.25) is 14.7 Å². The number of nitrogen functional groups attached to an aromatic ring is 1. The summed E-state index contributed by atoms with van der Waals surface area (Å²) in [5.74, 6) is 0.159. The topological polar surface area (TPSA) is 133 Å². The fourth-order valence-electron chi connectivity index (χ4n) is 1.57. The Labute approximate surface area is 117 Å². The minimum Gasteiger partial charge on any atom is -0.384 e. The molecule has 0 saturated heterocycles. The standard InChI is InChI=1S/C10H12N6O3S/c1-5(2)15-9(17)13-14-10(15)20-8-6(16(18)19)3-4-7(11)12-8/h3-5H,1-2H3,(H2,11,12)(H,13,17). The molecular weight excluding hydrogens is 284 g/mol. The van der Waals surface area contributed by atoms with Crippen molar-refractivity contribution >= 4 is 23.3 Å². The van der Waals surface area contributed by atoms with Crippen LogP contribution < -0.4 is 11.4 Å². The van der Waals surface area contributed by atoms with E-state index in [2.05, 4.69) is 15.2 Å². The van der Waals surface area contributed by atoms with Crippen LogP contribution in [-0.4, -0.2) is 24.7 Å². The number of H-pyrrole nitrogens is 1. The first-order valence-corrected chi connectivity index (χ1v) is 6.47. The van der Waals surface area contributed by atoms with E-state index in [0.717, 1.165) is 11.8 Å². The maximum absolute atomic E-state index is 11.6. The van der Waals surface area contributed by atoms with Crippen molar-refractivity contribution in [3.63, 3.8) is 0 Å². The predicted molar refractivity (Wildman–Crippen MR) is 72.7 cm³/mol. The number of nitrogens with one attached hydrogen (secondary N) is 1. The molecule has 106 valence electrons. The van der Waals surface area contributed by atoms with E-state index in [1.807, 2.05) is 13.8 Å². The highest BCUT2D eigenvalue weighted by molar-refractivity contribution is 7.99. The Morgan fingerprint density at radius 3 is 2.80 bits per heavy atom. The van der Waals surface area contributed by atoms with Gasteiger partial charge in [-0.15, -0.1) is 5.10 Å². The molecule has 10 heteroatoms. The number of pyridine rings is 1. The fourth-order valence-corrected chi connectivity index (χ4v) is 2.62. The molecule has 2 aromatic heterocycles. The van der Waals surface area contributed by atoms with E-state index < -0.39 is 4.92 Å². The van der Waals surface area contributed by atoms with Crippen LogP contribution in [0.1, 0.15) is 19.9 Å². The van der Waals surface area contributed by atoms with E-state index in [4.69, 9.17) is 5.73 Å². The van der Waals surface area contributed by atoms with Gasteiger partial charge in [0.25, 0.3) is 0 Å². The lowest BCUT2D eigenvalue weighted by Gasteiger charge is -2.08. The third kappa shape index (κ3) is 2.64. The van der Waals surface area contributed by atoms with E-state index in [1.54, 1.807) is 0 Å². The molecule has 0 aliphatic heterocycles. The molecule has 0 fully saturated rings. The average Bonchev–Trinajstić information content (AvgIpc) is 2.70. The van der Waals surface area contributed by atoms with Crippen molar-refractivity contribution in [2.24, 2.45) is 0 Å². The van der Waals surface area contributed by atoms with Crippen molar-refractivity contribution in [2.75, 3.05) is 5.73 Å². The normalized spacial score (nSPS) is 10.9. The molecule has 0 unspecified atom stereocenters. The molecule has 0 amide bonds. The summed E-state index contributed by atoms with van der Waals surface area (Å²) in [7, 11) is 0. The molecule has 0 radical (unpaired) electrons. The van der Waals surface area contributed by atoms with Crippen molar-refractivity contribution in [3.8, 4) is 0 Å². The van der Waals surface area contributed by atoms with Crippen LogP contribution >= 0.6 is 11.8 Å². The first kappa shape index (κ1) is 14.1. The summed E-state index contributed by atoms with van der Waals surface area (Å²) in [4.78, 5) is 25.9. The number of aromatic amines is 1. The van der Waals surface area contributed by atoms with Crippen LogP contribution in [0.2, 0.25) is 0 Å².